The predicted molar refractivity (Wildman–Crippen MR) is 163 cm³/mol. The van der Waals surface area contributed by atoms with Crippen molar-refractivity contribution in [2.24, 2.45) is 0 Å². The highest BCUT2D eigenvalue weighted by atomic mass is 32.2. The van der Waals surface area contributed by atoms with Gasteiger partial charge in [0.1, 0.15) is 25.1 Å². The summed E-state index contributed by atoms with van der Waals surface area (Å²) in [6, 6.07) is 19.1. The molecule has 1 unspecified atom stereocenters. The van der Waals surface area contributed by atoms with Crippen LogP contribution in [0, 0.1) is 5.82 Å². The highest BCUT2D eigenvalue weighted by Crippen LogP contribution is 2.34. The van der Waals surface area contributed by atoms with Gasteiger partial charge in [0.05, 0.1) is 11.9 Å². The topological polar surface area (TPSA) is 105 Å². The third kappa shape index (κ3) is 8.93. The van der Waals surface area contributed by atoms with Crippen LogP contribution in [0.5, 0.6) is 11.5 Å². The maximum absolute atomic E-state index is 13.9. The molecule has 1 aliphatic rings. The van der Waals surface area contributed by atoms with Gasteiger partial charge in [0.15, 0.2) is 11.5 Å². The Morgan fingerprint density at radius 2 is 1.60 bits per heavy atom. The average molecular weight is 612 g/mol. The number of fused-ring (bicyclic) bond motifs is 1. The van der Waals surface area contributed by atoms with Crippen LogP contribution >= 0.6 is 0 Å². The molecular weight excluding hydrogens is 573 g/mol. The Morgan fingerprint density at radius 1 is 0.930 bits per heavy atom. The van der Waals surface area contributed by atoms with E-state index in [9.17, 15) is 22.4 Å². The molecule has 0 saturated heterocycles. The van der Waals surface area contributed by atoms with E-state index in [4.69, 9.17) is 9.47 Å². The van der Waals surface area contributed by atoms with Crippen molar-refractivity contribution in [3.05, 3.63) is 89.7 Å². The van der Waals surface area contributed by atoms with Gasteiger partial charge < -0.3 is 19.7 Å². The monoisotopic (exact) mass is 611 g/mol. The molecular formula is C32H38FN3O6S. The van der Waals surface area contributed by atoms with Crippen LogP contribution in [0.15, 0.2) is 72.8 Å². The summed E-state index contributed by atoms with van der Waals surface area (Å²) >= 11 is 0. The first-order chi connectivity index (χ1) is 20.5. The summed E-state index contributed by atoms with van der Waals surface area (Å²) in [6.07, 6.45) is 1.57. The van der Waals surface area contributed by atoms with Crippen LogP contribution in [0.4, 0.5) is 10.1 Å². The molecule has 1 N–H and O–H groups in total. The van der Waals surface area contributed by atoms with Gasteiger partial charge in [-0.25, -0.2) is 12.8 Å². The lowest BCUT2D eigenvalue weighted by atomic mass is 10.0. The normalized spacial score (nSPS) is 13.3. The van der Waals surface area contributed by atoms with Crippen LogP contribution in [0.1, 0.15) is 37.8 Å². The Balaban J connectivity index is 1.57. The first-order valence-corrected chi connectivity index (χ1v) is 16.1. The van der Waals surface area contributed by atoms with Crippen molar-refractivity contribution in [2.75, 3.05) is 30.3 Å². The molecule has 0 aliphatic carbocycles. The standard InChI is InChI=1S/C32H38FN3O6S/c1-23(2)34-32(38)28(20-24-8-5-4-6-9-24)35(22-25-11-13-26(33)14-12-25)31(37)10-7-17-36(43(3,39)40)27-15-16-29-30(21-27)42-19-18-41-29/h4-6,8-9,11-16,21,23,28H,7,10,17-20,22H2,1-3H3,(H,34,38). The lowest BCUT2D eigenvalue weighted by molar-refractivity contribution is -0.141. The van der Waals surface area contributed by atoms with Crippen molar-refractivity contribution >= 4 is 27.5 Å². The number of hydrogen-bond donors (Lipinski definition) is 1. The molecule has 0 aromatic heterocycles. The maximum Gasteiger partial charge on any atom is 0.243 e. The Kier molecular flexibility index (Phi) is 10.6. The van der Waals surface area contributed by atoms with Crippen LogP contribution in [0.3, 0.4) is 0 Å². The summed E-state index contributed by atoms with van der Waals surface area (Å²) < 4.78 is 51.6. The van der Waals surface area contributed by atoms with Gasteiger partial charge in [-0.1, -0.05) is 42.5 Å². The molecule has 0 fully saturated rings. The van der Waals surface area contributed by atoms with E-state index in [0.29, 0.717) is 36.0 Å². The van der Waals surface area contributed by atoms with Crippen LogP contribution in [0.25, 0.3) is 0 Å². The smallest absolute Gasteiger partial charge is 0.243 e. The van der Waals surface area contributed by atoms with Gasteiger partial charge in [-0.2, -0.15) is 0 Å². The molecule has 3 aromatic carbocycles. The van der Waals surface area contributed by atoms with Gasteiger partial charge in [0.25, 0.3) is 0 Å². The molecule has 1 heterocycles. The Morgan fingerprint density at radius 3 is 2.26 bits per heavy atom. The minimum atomic E-state index is -3.69. The number of carbonyl (C=O) groups is 2. The Bertz CT molecular complexity index is 1500. The van der Waals surface area contributed by atoms with Crippen LogP contribution in [0.2, 0.25) is 0 Å². The van der Waals surface area contributed by atoms with Crippen molar-refractivity contribution in [1.82, 2.24) is 10.2 Å². The first-order valence-electron chi connectivity index (χ1n) is 14.3. The predicted octanol–water partition coefficient (Wildman–Crippen LogP) is 4.31. The molecule has 11 heteroatoms. The summed E-state index contributed by atoms with van der Waals surface area (Å²) in [4.78, 5) is 28.9. The number of anilines is 1. The third-order valence-electron chi connectivity index (χ3n) is 6.93. The lowest BCUT2D eigenvalue weighted by Crippen LogP contribution is -2.51. The second kappa shape index (κ2) is 14.4. The van der Waals surface area contributed by atoms with Crippen molar-refractivity contribution < 1.29 is 31.9 Å². The summed E-state index contributed by atoms with van der Waals surface area (Å²) in [7, 11) is -3.69. The molecule has 2 amide bonds. The fourth-order valence-corrected chi connectivity index (χ4v) is 5.87. The van der Waals surface area contributed by atoms with E-state index >= 15 is 0 Å². The zero-order valence-corrected chi connectivity index (χ0v) is 25.5. The Labute approximate surface area is 252 Å². The van der Waals surface area contributed by atoms with E-state index in [1.807, 2.05) is 44.2 Å². The third-order valence-corrected chi connectivity index (χ3v) is 8.13. The fraction of sp³-hybridized carbons (Fsp3) is 0.375. The summed E-state index contributed by atoms with van der Waals surface area (Å²) in [6.45, 7) is 4.60. The summed E-state index contributed by atoms with van der Waals surface area (Å²) in [5.74, 6) is -0.0266. The molecule has 3 aromatic rings. The first kappa shape index (κ1) is 31.8. The zero-order valence-electron chi connectivity index (χ0n) is 24.7. The highest BCUT2D eigenvalue weighted by molar-refractivity contribution is 7.92. The number of hydrogen-bond acceptors (Lipinski definition) is 6. The largest absolute Gasteiger partial charge is 0.486 e. The van der Waals surface area contributed by atoms with Crippen molar-refractivity contribution in [1.29, 1.82) is 0 Å². The van der Waals surface area contributed by atoms with Crippen molar-refractivity contribution in [3.63, 3.8) is 0 Å². The molecule has 43 heavy (non-hydrogen) atoms. The molecule has 4 rings (SSSR count). The zero-order chi connectivity index (χ0) is 31.0. The number of carbonyl (C=O) groups excluding carboxylic acids is 2. The van der Waals surface area contributed by atoms with Crippen molar-refractivity contribution in [3.8, 4) is 11.5 Å². The summed E-state index contributed by atoms with van der Waals surface area (Å²) in [5.41, 5.74) is 1.95. The lowest BCUT2D eigenvalue weighted by Gasteiger charge is -2.32. The molecule has 0 saturated carbocycles. The van der Waals surface area contributed by atoms with Gasteiger partial charge >= 0.3 is 0 Å². The molecule has 1 aliphatic heterocycles. The van der Waals surface area contributed by atoms with Gasteiger partial charge in [-0.15, -0.1) is 0 Å². The van der Waals surface area contributed by atoms with Gasteiger partial charge in [0, 0.05) is 38.0 Å². The fourth-order valence-electron chi connectivity index (χ4n) is 4.91. The number of sulfonamides is 1. The van der Waals surface area contributed by atoms with E-state index in [0.717, 1.165) is 11.8 Å². The van der Waals surface area contributed by atoms with E-state index in [-0.39, 0.29) is 50.2 Å². The van der Waals surface area contributed by atoms with E-state index in [1.165, 1.54) is 21.3 Å². The number of nitrogens with zero attached hydrogens (tertiary/aromatic N) is 2. The van der Waals surface area contributed by atoms with E-state index in [2.05, 4.69) is 5.32 Å². The van der Waals surface area contributed by atoms with Crippen molar-refractivity contribution in [2.45, 2.75) is 51.7 Å². The average Bonchev–Trinajstić information content (AvgIpc) is 2.97. The van der Waals surface area contributed by atoms with Crippen LogP contribution in [-0.2, 0) is 32.6 Å². The summed E-state index contributed by atoms with van der Waals surface area (Å²) in [5, 5.41) is 2.93. The molecule has 1 atom stereocenters. The highest BCUT2D eigenvalue weighted by Gasteiger charge is 2.31. The molecule has 9 nitrogen and oxygen atoms in total. The number of benzene rings is 3. The number of ether oxygens (including phenoxy) is 2. The minimum absolute atomic E-state index is 0.0159. The molecule has 0 radical (unpaired) electrons. The second-order valence-corrected chi connectivity index (χ2v) is 12.7. The van der Waals surface area contributed by atoms with Gasteiger partial charge in [-0.3, -0.25) is 13.9 Å². The molecule has 0 spiro atoms. The van der Waals surface area contributed by atoms with Gasteiger partial charge in [0.2, 0.25) is 21.8 Å². The number of nitrogens with one attached hydrogen (secondary N) is 1. The van der Waals surface area contributed by atoms with E-state index in [1.54, 1.807) is 30.3 Å². The number of halogens is 1. The number of amides is 2. The van der Waals surface area contributed by atoms with Crippen LogP contribution in [-0.4, -0.2) is 63.2 Å². The SMILES string of the molecule is CC(C)NC(=O)C(Cc1ccccc1)N(Cc1ccc(F)cc1)C(=O)CCCN(c1ccc2c(c1)OCCO2)S(C)(=O)=O. The van der Waals surface area contributed by atoms with E-state index < -0.39 is 21.9 Å². The molecule has 230 valence electrons. The maximum atomic E-state index is 13.9. The molecule has 0 bridgehead atoms. The number of rotatable bonds is 13. The Hall–Kier alpha value is -4.12. The second-order valence-electron chi connectivity index (χ2n) is 10.8. The van der Waals surface area contributed by atoms with Crippen LogP contribution < -0.4 is 19.1 Å². The quantitative estimate of drug-likeness (QED) is 0.309. The minimum Gasteiger partial charge on any atom is -0.486 e. The van der Waals surface area contributed by atoms with Gasteiger partial charge in [-0.05, 0) is 55.7 Å².